The molecular formula is C14H19FN2O3S. The maximum atomic E-state index is 13.4. The van der Waals surface area contributed by atoms with Crippen molar-refractivity contribution in [3.63, 3.8) is 0 Å². The Bertz CT molecular complexity index is 760. The molecule has 0 fully saturated rings. The number of aromatic nitrogens is 1. The Hall–Kier alpha value is -1.44. The van der Waals surface area contributed by atoms with Crippen LogP contribution in [0.1, 0.15) is 20.8 Å². The summed E-state index contributed by atoms with van der Waals surface area (Å²) in [4.78, 5) is -0.0761. The molecule has 0 unspecified atom stereocenters. The maximum Gasteiger partial charge on any atom is 0.240 e. The molecule has 1 heterocycles. The van der Waals surface area contributed by atoms with E-state index < -0.39 is 15.8 Å². The highest BCUT2D eigenvalue weighted by atomic mass is 32.2. The number of nitrogens with two attached hydrogens (primary N) is 1. The van der Waals surface area contributed by atoms with Crippen LogP contribution in [-0.4, -0.2) is 25.2 Å². The smallest absolute Gasteiger partial charge is 0.240 e. The minimum absolute atomic E-state index is 0.0761. The highest BCUT2D eigenvalue weighted by molar-refractivity contribution is 7.89. The van der Waals surface area contributed by atoms with Crippen LogP contribution in [0.4, 0.5) is 4.39 Å². The van der Waals surface area contributed by atoms with Crippen molar-refractivity contribution < 1.29 is 17.5 Å². The van der Waals surface area contributed by atoms with Crippen LogP contribution in [0.5, 0.6) is 0 Å². The fraction of sp³-hybridized carbons (Fsp3) is 0.429. The number of primary sulfonamides is 1. The number of ether oxygens (including phenoxy) is 1. The van der Waals surface area contributed by atoms with Crippen molar-refractivity contribution in [3.05, 3.63) is 30.2 Å². The molecule has 0 saturated carbocycles. The fourth-order valence-electron chi connectivity index (χ4n) is 2.10. The van der Waals surface area contributed by atoms with Crippen molar-refractivity contribution in [2.45, 2.75) is 37.8 Å². The van der Waals surface area contributed by atoms with Gasteiger partial charge in [-0.2, -0.15) is 0 Å². The Kier molecular flexibility index (Phi) is 4.10. The van der Waals surface area contributed by atoms with E-state index in [0.717, 1.165) is 0 Å². The van der Waals surface area contributed by atoms with Gasteiger partial charge in [-0.25, -0.2) is 17.9 Å². The van der Waals surface area contributed by atoms with Crippen molar-refractivity contribution in [2.75, 3.05) is 6.61 Å². The van der Waals surface area contributed by atoms with Crippen LogP contribution in [0, 0.1) is 5.82 Å². The average Bonchev–Trinajstić information content (AvgIpc) is 2.65. The Labute approximate surface area is 123 Å². The van der Waals surface area contributed by atoms with E-state index in [1.54, 1.807) is 4.57 Å². The summed E-state index contributed by atoms with van der Waals surface area (Å²) in [7, 11) is -3.91. The lowest BCUT2D eigenvalue weighted by molar-refractivity contribution is -0.00647. The van der Waals surface area contributed by atoms with Crippen LogP contribution in [0.15, 0.2) is 29.3 Å². The van der Waals surface area contributed by atoms with Crippen molar-refractivity contribution in [2.24, 2.45) is 5.14 Å². The van der Waals surface area contributed by atoms with E-state index >= 15 is 0 Å². The van der Waals surface area contributed by atoms with Crippen LogP contribution in [0.25, 0.3) is 10.9 Å². The van der Waals surface area contributed by atoms with E-state index in [2.05, 4.69) is 0 Å². The first-order valence-electron chi connectivity index (χ1n) is 6.53. The molecule has 0 spiro atoms. The second kappa shape index (κ2) is 5.40. The number of benzene rings is 1. The van der Waals surface area contributed by atoms with Crippen LogP contribution in [0.2, 0.25) is 0 Å². The van der Waals surface area contributed by atoms with Gasteiger partial charge in [0.1, 0.15) is 10.7 Å². The molecule has 0 amide bonds. The van der Waals surface area contributed by atoms with Crippen molar-refractivity contribution in [1.29, 1.82) is 0 Å². The third-order valence-electron chi connectivity index (χ3n) is 2.98. The van der Waals surface area contributed by atoms with Gasteiger partial charge in [0.2, 0.25) is 10.0 Å². The summed E-state index contributed by atoms with van der Waals surface area (Å²) in [5.74, 6) is -0.504. The lowest BCUT2D eigenvalue weighted by atomic mass is 10.2. The fourth-order valence-corrected chi connectivity index (χ4v) is 2.84. The summed E-state index contributed by atoms with van der Waals surface area (Å²) in [5.41, 5.74) is 0.329. The third kappa shape index (κ3) is 3.81. The molecule has 2 aromatic rings. The predicted molar refractivity (Wildman–Crippen MR) is 79.0 cm³/mol. The van der Waals surface area contributed by atoms with Crippen LogP contribution >= 0.6 is 0 Å². The van der Waals surface area contributed by atoms with Gasteiger partial charge < -0.3 is 9.30 Å². The molecule has 5 nitrogen and oxygen atoms in total. The van der Waals surface area contributed by atoms with E-state index in [4.69, 9.17) is 9.88 Å². The minimum atomic E-state index is -3.91. The molecule has 0 aliphatic heterocycles. The van der Waals surface area contributed by atoms with Crippen LogP contribution in [-0.2, 0) is 21.3 Å². The first-order chi connectivity index (χ1) is 9.58. The van der Waals surface area contributed by atoms with Gasteiger partial charge in [-0.3, -0.25) is 0 Å². The average molecular weight is 314 g/mol. The van der Waals surface area contributed by atoms with E-state index in [-0.39, 0.29) is 15.9 Å². The van der Waals surface area contributed by atoms with Gasteiger partial charge in [0.05, 0.1) is 12.2 Å². The van der Waals surface area contributed by atoms with Gasteiger partial charge in [0.25, 0.3) is 0 Å². The molecule has 0 atom stereocenters. The zero-order valence-electron chi connectivity index (χ0n) is 12.3. The molecule has 0 bridgehead atoms. The summed E-state index contributed by atoms with van der Waals surface area (Å²) in [6.45, 7) is 6.67. The summed E-state index contributed by atoms with van der Waals surface area (Å²) < 4.78 is 43.9. The zero-order valence-corrected chi connectivity index (χ0v) is 13.1. The molecular weight excluding hydrogens is 295 g/mol. The van der Waals surface area contributed by atoms with Gasteiger partial charge in [-0.1, -0.05) is 0 Å². The first kappa shape index (κ1) is 15.9. The number of hydrogen-bond acceptors (Lipinski definition) is 3. The summed E-state index contributed by atoms with van der Waals surface area (Å²) >= 11 is 0. The highest BCUT2D eigenvalue weighted by Crippen LogP contribution is 2.25. The number of fused-ring (bicyclic) bond motifs is 1. The number of nitrogens with zero attached hydrogens (tertiary/aromatic N) is 1. The molecule has 2 N–H and O–H groups in total. The molecule has 1 aromatic heterocycles. The minimum Gasteiger partial charge on any atom is -0.374 e. The summed E-state index contributed by atoms with van der Waals surface area (Å²) in [6, 6.07) is 4.00. The van der Waals surface area contributed by atoms with Gasteiger partial charge in [-0.15, -0.1) is 0 Å². The normalized spacial score (nSPS) is 13.0. The van der Waals surface area contributed by atoms with Crippen molar-refractivity contribution in [1.82, 2.24) is 4.57 Å². The Morgan fingerprint density at radius 3 is 2.57 bits per heavy atom. The molecule has 0 saturated heterocycles. The van der Waals surface area contributed by atoms with E-state index in [1.807, 2.05) is 20.8 Å². The Morgan fingerprint density at radius 2 is 2.00 bits per heavy atom. The predicted octanol–water partition coefficient (Wildman–Crippen LogP) is 2.24. The highest BCUT2D eigenvalue weighted by Gasteiger charge is 2.18. The maximum absolute atomic E-state index is 13.4. The third-order valence-corrected chi connectivity index (χ3v) is 3.92. The molecule has 0 radical (unpaired) electrons. The van der Waals surface area contributed by atoms with Crippen LogP contribution < -0.4 is 5.14 Å². The summed E-state index contributed by atoms with van der Waals surface area (Å²) in [6.07, 6.45) is 1.42. The molecule has 2 rings (SSSR count). The Balaban J connectivity index is 2.41. The number of hydrogen-bond donors (Lipinski definition) is 1. The molecule has 116 valence electrons. The molecule has 0 aliphatic rings. The Morgan fingerprint density at radius 1 is 1.33 bits per heavy atom. The molecule has 0 aliphatic carbocycles. The first-order valence-corrected chi connectivity index (χ1v) is 8.08. The SMILES string of the molecule is CC(C)(C)OCCn1cc(S(N)(=O)=O)c2cc(F)ccc21. The monoisotopic (exact) mass is 314 g/mol. The van der Waals surface area contributed by atoms with Crippen molar-refractivity contribution >= 4 is 20.9 Å². The quantitative estimate of drug-likeness (QED) is 0.940. The van der Waals surface area contributed by atoms with Gasteiger partial charge >= 0.3 is 0 Å². The lowest BCUT2D eigenvalue weighted by Gasteiger charge is -2.19. The second-order valence-electron chi connectivity index (χ2n) is 5.85. The van der Waals surface area contributed by atoms with Crippen LogP contribution in [0.3, 0.4) is 0 Å². The summed E-state index contributed by atoms with van der Waals surface area (Å²) in [5, 5.41) is 5.47. The molecule has 1 aromatic carbocycles. The van der Waals surface area contributed by atoms with Crippen molar-refractivity contribution in [3.8, 4) is 0 Å². The van der Waals surface area contributed by atoms with E-state index in [1.165, 1.54) is 24.4 Å². The number of halogens is 1. The largest absolute Gasteiger partial charge is 0.374 e. The second-order valence-corrected chi connectivity index (χ2v) is 7.38. The van der Waals surface area contributed by atoms with Gasteiger partial charge in [0, 0.05) is 23.6 Å². The topological polar surface area (TPSA) is 74.3 Å². The van der Waals surface area contributed by atoms with E-state index in [0.29, 0.717) is 18.7 Å². The lowest BCUT2D eigenvalue weighted by Crippen LogP contribution is -2.21. The van der Waals surface area contributed by atoms with E-state index in [9.17, 15) is 12.8 Å². The molecule has 21 heavy (non-hydrogen) atoms. The number of rotatable bonds is 4. The molecule has 7 heteroatoms. The van der Waals surface area contributed by atoms with Gasteiger partial charge in [-0.05, 0) is 39.0 Å². The number of sulfonamides is 1. The standard InChI is InChI=1S/C14H19FN2O3S/c1-14(2,3)20-7-6-17-9-13(21(16,18)19)11-8-10(15)4-5-12(11)17/h4-5,8-9H,6-7H2,1-3H3,(H2,16,18,19). The van der Waals surface area contributed by atoms with Gasteiger partial charge in [0.15, 0.2) is 0 Å². The zero-order chi connectivity index (χ0) is 15.8.